The number of rotatable bonds is 8. The Morgan fingerprint density at radius 1 is 1.04 bits per heavy atom. The molecule has 0 aliphatic heterocycles. The van der Waals surface area contributed by atoms with Crippen molar-refractivity contribution in [2.75, 3.05) is 0 Å². The third kappa shape index (κ3) is 5.50. The van der Waals surface area contributed by atoms with E-state index in [1.165, 1.54) is 0 Å². The van der Waals surface area contributed by atoms with Crippen molar-refractivity contribution in [3.05, 3.63) is 69.7 Å². The summed E-state index contributed by atoms with van der Waals surface area (Å²) in [7, 11) is 0. The largest absolute Gasteiger partial charge is 0.301 e. The van der Waals surface area contributed by atoms with Gasteiger partial charge in [-0.1, -0.05) is 58.9 Å². The van der Waals surface area contributed by atoms with Crippen molar-refractivity contribution >= 4 is 46.7 Å². The Hall–Kier alpha value is -1.54. The molecule has 5 nitrogen and oxygen atoms in total. The Kier molecular flexibility index (Phi) is 7.40. The van der Waals surface area contributed by atoms with Gasteiger partial charge in [-0.25, -0.2) is 9.97 Å². The Labute approximate surface area is 183 Å². The number of thioether (sulfide) groups is 2. The topological polar surface area (TPSA) is 56.5 Å². The van der Waals surface area contributed by atoms with Crippen molar-refractivity contribution in [3.63, 3.8) is 0 Å². The molecule has 3 aromatic rings. The van der Waals surface area contributed by atoms with Crippen molar-refractivity contribution in [2.45, 2.75) is 42.2 Å². The summed E-state index contributed by atoms with van der Waals surface area (Å²) in [6.07, 6.45) is 1.84. The van der Waals surface area contributed by atoms with Crippen LogP contribution in [0, 0.1) is 13.8 Å². The zero-order chi connectivity index (χ0) is 20.1. The first-order valence-corrected chi connectivity index (χ1v) is 11.2. The van der Waals surface area contributed by atoms with Crippen LogP contribution in [0.2, 0.25) is 10.0 Å². The first-order valence-electron chi connectivity index (χ1n) is 8.51. The predicted octanol–water partition coefficient (Wildman–Crippen LogP) is 5.76. The fraction of sp³-hybridized carbons (Fsp3) is 0.263. The standard InChI is InChI=1S/C19H19Cl2N5S2/c1-4-7-26-17(11-27-18-22-12(2)8-13(3)23-18)24-25-19(26)28-10-14-5-6-15(20)9-16(14)21/h4-6,8-9H,1,7,10-11H2,2-3H3. The Balaban J connectivity index is 1.72. The first kappa shape index (κ1) is 21.2. The molecule has 2 heterocycles. The third-order valence-corrected chi connectivity index (χ3v) is 6.21. The van der Waals surface area contributed by atoms with Crippen LogP contribution in [0.5, 0.6) is 0 Å². The molecule has 0 radical (unpaired) electrons. The zero-order valence-corrected chi connectivity index (χ0v) is 18.7. The Morgan fingerprint density at radius 2 is 1.79 bits per heavy atom. The fourth-order valence-corrected chi connectivity index (χ4v) is 4.93. The van der Waals surface area contributed by atoms with Gasteiger partial charge >= 0.3 is 0 Å². The molecule has 0 amide bonds. The third-order valence-electron chi connectivity index (χ3n) is 3.77. The van der Waals surface area contributed by atoms with Gasteiger partial charge in [0.15, 0.2) is 10.3 Å². The summed E-state index contributed by atoms with van der Waals surface area (Å²) in [6.45, 7) is 8.42. The van der Waals surface area contributed by atoms with Crippen LogP contribution < -0.4 is 0 Å². The average Bonchev–Trinajstić information content (AvgIpc) is 3.01. The number of halogens is 2. The van der Waals surface area contributed by atoms with E-state index in [0.29, 0.717) is 28.1 Å². The molecule has 2 aromatic heterocycles. The molecule has 28 heavy (non-hydrogen) atoms. The maximum atomic E-state index is 6.27. The van der Waals surface area contributed by atoms with Gasteiger partial charge in [-0.3, -0.25) is 0 Å². The fourth-order valence-electron chi connectivity index (χ4n) is 2.51. The van der Waals surface area contributed by atoms with Crippen molar-refractivity contribution in [2.24, 2.45) is 0 Å². The van der Waals surface area contributed by atoms with Crippen LogP contribution in [0.25, 0.3) is 0 Å². The number of aromatic nitrogens is 5. The summed E-state index contributed by atoms with van der Waals surface area (Å²) in [4.78, 5) is 8.94. The maximum Gasteiger partial charge on any atom is 0.191 e. The van der Waals surface area contributed by atoms with E-state index in [0.717, 1.165) is 33.1 Å². The molecule has 0 aliphatic rings. The van der Waals surface area contributed by atoms with Gasteiger partial charge in [0.1, 0.15) is 5.82 Å². The average molecular weight is 452 g/mol. The molecule has 3 rings (SSSR count). The van der Waals surface area contributed by atoms with E-state index in [4.69, 9.17) is 23.2 Å². The van der Waals surface area contributed by atoms with Crippen molar-refractivity contribution in [3.8, 4) is 0 Å². The molecule has 1 aromatic carbocycles. The highest BCUT2D eigenvalue weighted by Crippen LogP contribution is 2.29. The van der Waals surface area contributed by atoms with Crippen LogP contribution in [-0.4, -0.2) is 24.7 Å². The van der Waals surface area contributed by atoms with Gasteiger partial charge in [-0.05, 0) is 37.6 Å². The second-order valence-electron chi connectivity index (χ2n) is 6.04. The SMILES string of the molecule is C=CCn1c(CSc2nc(C)cc(C)n2)nnc1SCc1ccc(Cl)cc1Cl. The number of nitrogens with zero attached hydrogens (tertiary/aromatic N) is 5. The monoisotopic (exact) mass is 451 g/mol. The van der Waals surface area contributed by atoms with E-state index in [9.17, 15) is 0 Å². The lowest BCUT2D eigenvalue weighted by atomic mass is 10.2. The quantitative estimate of drug-likeness (QED) is 0.246. The first-order chi connectivity index (χ1) is 13.5. The second kappa shape index (κ2) is 9.78. The summed E-state index contributed by atoms with van der Waals surface area (Å²) in [5, 5.41) is 11.5. The number of benzene rings is 1. The van der Waals surface area contributed by atoms with Gasteiger partial charge in [-0.15, -0.1) is 16.8 Å². The summed E-state index contributed by atoms with van der Waals surface area (Å²) < 4.78 is 2.05. The van der Waals surface area contributed by atoms with E-state index in [2.05, 4.69) is 31.3 Å². The van der Waals surface area contributed by atoms with Crippen LogP contribution in [0.1, 0.15) is 22.8 Å². The zero-order valence-electron chi connectivity index (χ0n) is 15.5. The van der Waals surface area contributed by atoms with Crippen molar-refractivity contribution in [1.82, 2.24) is 24.7 Å². The Morgan fingerprint density at radius 3 is 2.46 bits per heavy atom. The maximum absolute atomic E-state index is 6.27. The predicted molar refractivity (Wildman–Crippen MR) is 117 cm³/mol. The molecule has 146 valence electrons. The molecule has 0 saturated carbocycles. The second-order valence-corrected chi connectivity index (χ2v) is 8.77. The molecular formula is C19H19Cl2N5S2. The van der Waals surface area contributed by atoms with Gasteiger partial charge in [0.2, 0.25) is 0 Å². The molecular weight excluding hydrogens is 433 g/mol. The Bertz CT molecular complexity index is 970. The van der Waals surface area contributed by atoms with Crippen LogP contribution in [0.4, 0.5) is 0 Å². The molecule has 9 heteroatoms. The van der Waals surface area contributed by atoms with Crippen LogP contribution in [0.15, 0.2) is 47.2 Å². The van der Waals surface area contributed by atoms with Gasteiger partial charge in [-0.2, -0.15) is 0 Å². The van der Waals surface area contributed by atoms with E-state index in [1.54, 1.807) is 29.6 Å². The van der Waals surface area contributed by atoms with Gasteiger partial charge in [0, 0.05) is 33.7 Å². The van der Waals surface area contributed by atoms with E-state index in [1.807, 2.05) is 38.1 Å². The number of allylic oxidation sites excluding steroid dienone is 1. The van der Waals surface area contributed by atoms with Crippen LogP contribution in [-0.2, 0) is 18.1 Å². The minimum atomic E-state index is 0.626. The molecule has 0 unspecified atom stereocenters. The number of aryl methyl sites for hydroxylation is 2. The highest BCUT2D eigenvalue weighted by atomic mass is 35.5. The van der Waals surface area contributed by atoms with Crippen molar-refractivity contribution in [1.29, 1.82) is 0 Å². The molecule has 0 fully saturated rings. The molecule has 0 saturated heterocycles. The summed E-state index contributed by atoms with van der Waals surface area (Å²) in [6, 6.07) is 7.48. The van der Waals surface area contributed by atoms with Crippen LogP contribution >= 0.6 is 46.7 Å². The highest BCUT2D eigenvalue weighted by Gasteiger charge is 2.14. The lowest BCUT2D eigenvalue weighted by molar-refractivity contribution is 0.700. The minimum absolute atomic E-state index is 0.626. The molecule has 0 N–H and O–H groups in total. The summed E-state index contributed by atoms with van der Waals surface area (Å²) in [5.74, 6) is 2.17. The van der Waals surface area contributed by atoms with Crippen molar-refractivity contribution < 1.29 is 0 Å². The normalized spacial score (nSPS) is 11.0. The van der Waals surface area contributed by atoms with E-state index < -0.39 is 0 Å². The molecule has 0 bridgehead atoms. The summed E-state index contributed by atoms with van der Waals surface area (Å²) >= 11 is 15.4. The highest BCUT2D eigenvalue weighted by molar-refractivity contribution is 7.98. The van der Waals surface area contributed by atoms with Gasteiger partial charge < -0.3 is 4.57 Å². The van der Waals surface area contributed by atoms with Gasteiger partial charge in [0.25, 0.3) is 0 Å². The van der Waals surface area contributed by atoms with Gasteiger partial charge in [0.05, 0.1) is 5.75 Å². The number of hydrogen-bond donors (Lipinski definition) is 0. The molecule has 0 aliphatic carbocycles. The lowest BCUT2D eigenvalue weighted by Gasteiger charge is -2.08. The minimum Gasteiger partial charge on any atom is -0.301 e. The van der Waals surface area contributed by atoms with E-state index in [-0.39, 0.29) is 0 Å². The smallest absolute Gasteiger partial charge is 0.191 e. The lowest BCUT2D eigenvalue weighted by Crippen LogP contribution is -2.03. The molecule has 0 spiro atoms. The number of hydrogen-bond acceptors (Lipinski definition) is 6. The van der Waals surface area contributed by atoms with Crippen LogP contribution in [0.3, 0.4) is 0 Å². The summed E-state index contributed by atoms with van der Waals surface area (Å²) in [5.41, 5.74) is 2.92. The molecule has 0 atom stereocenters. The van der Waals surface area contributed by atoms with E-state index >= 15 is 0 Å².